The van der Waals surface area contributed by atoms with Gasteiger partial charge in [-0.2, -0.15) is 0 Å². The number of hydrogen-bond donors (Lipinski definition) is 2. The molecule has 6 nitrogen and oxygen atoms in total. The van der Waals surface area contributed by atoms with Crippen LogP contribution >= 0.6 is 0 Å². The van der Waals surface area contributed by atoms with Crippen molar-refractivity contribution in [3.8, 4) is 0 Å². The molecule has 2 rings (SSSR count). The van der Waals surface area contributed by atoms with Crippen molar-refractivity contribution >= 4 is 6.03 Å². The van der Waals surface area contributed by atoms with Crippen molar-refractivity contribution in [1.29, 1.82) is 0 Å². The third-order valence-electron chi connectivity index (χ3n) is 3.44. The van der Waals surface area contributed by atoms with Crippen molar-refractivity contribution in [3.05, 3.63) is 24.2 Å². The van der Waals surface area contributed by atoms with Crippen LogP contribution in [0.25, 0.3) is 0 Å². The highest BCUT2D eigenvalue weighted by molar-refractivity contribution is 5.75. The molecule has 1 atom stereocenters. The summed E-state index contributed by atoms with van der Waals surface area (Å²) in [5.41, 5.74) is -0.219. The second-order valence-corrected chi connectivity index (χ2v) is 6.50. The summed E-state index contributed by atoms with van der Waals surface area (Å²) in [5, 5.41) is 13.0. The van der Waals surface area contributed by atoms with Crippen LogP contribution in [-0.4, -0.2) is 59.2 Å². The van der Waals surface area contributed by atoms with Crippen molar-refractivity contribution in [2.75, 3.05) is 32.7 Å². The van der Waals surface area contributed by atoms with Gasteiger partial charge >= 0.3 is 6.03 Å². The number of carbonyl (C=O) groups is 1. The van der Waals surface area contributed by atoms with Crippen LogP contribution in [0, 0.1) is 0 Å². The van der Waals surface area contributed by atoms with Gasteiger partial charge in [0.25, 0.3) is 0 Å². The number of aliphatic hydroxyl groups excluding tert-OH is 1. The van der Waals surface area contributed by atoms with Crippen LogP contribution in [0.5, 0.6) is 0 Å². The molecular weight excluding hydrogens is 270 g/mol. The van der Waals surface area contributed by atoms with Gasteiger partial charge in [0, 0.05) is 38.3 Å². The predicted molar refractivity (Wildman–Crippen MR) is 80.0 cm³/mol. The van der Waals surface area contributed by atoms with Gasteiger partial charge in [0.1, 0.15) is 11.9 Å². The first-order valence-electron chi connectivity index (χ1n) is 7.36. The lowest BCUT2D eigenvalue weighted by Gasteiger charge is -2.36. The van der Waals surface area contributed by atoms with Gasteiger partial charge in [-0.3, -0.25) is 4.90 Å². The number of piperazine rings is 1. The zero-order chi connectivity index (χ0) is 15.5. The van der Waals surface area contributed by atoms with Crippen LogP contribution in [0.1, 0.15) is 32.6 Å². The van der Waals surface area contributed by atoms with Gasteiger partial charge in [-0.25, -0.2) is 4.79 Å². The highest BCUT2D eigenvalue weighted by Gasteiger charge is 2.25. The van der Waals surface area contributed by atoms with E-state index in [2.05, 4.69) is 10.2 Å². The minimum absolute atomic E-state index is 0.0197. The number of nitrogens with zero attached hydrogens (tertiary/aromatic N) is 2. The predicted octanol–water partition coefficient (Wildman–Crippen LogP) is 1.44. The number of hydrogen-bond acceptors (Lipinski definition) is 4. The first kappa shape index (κ1) is 15.9. The molecule has 0 saturated carbocycles. The molecule has 2 N–H and O–H groups in total. The Morgan fingerprint density at radius 2 is 2.05 bits per heavy atom. The fourth-order valence-corrected chi connectivity index (χ4v) is 2.35. The Bertz CT molecular complexity index is 445. The molecule has 2 amide bonds. The number of rotatable bonds is 3. The van der Waals surface area contributed by atoms with Crippen molar-refractivity contribution in [1.82, 2.24) is 15.1 Å². The Morgan fingerprint density at radius 3 is 2.57 bits per heavy atom. The second-order valence-electron chi connectivity index (χ2n) is 6.50. The lowest BCUT2D eigenvalue weighted by molar-refractivity contribution is 0.0683. The highest BCUT2D eigenvalue weighted by Crippen LogP contribution is 2.15. The van der Waals surface area contributed by atoms with Crippen molar-refractivity contribution in [2.45, 2.75) is 32.4 Å². The molecule has 21 heavy (non-hydrogen) atoms. The van der Waals surface area contributed by atoms with E-state index in [1.54, 1.807) is 18.4 Å². The Hall–Kier alpha value is -1.53. The number of furan rings is 1. The van der Waals surface area contributed by atoms with Gasteiger partial charge in [-0.05, 0) is 32.9 Å². The number of urea groups is 1. The molecule has 1 saturated heterocycles. The lowest BCUT2D eigenvalue weighted by Crippen LogP contribution is -2.55. The zero-order valence-corrected chi connectivity index (χ0v) is 13.0. The quantitative estimate of drug-likeness (QED) is 0.885. The van der Waals surface area contributed by atoms with E-state index in [1.165, 1.54) is 0 Å². The number of nitrogens with one attached hydrogen (secondary N) is 1. The van der Waals surface area contributed by atoms with Gasteiger partial charge in [-0.1, -0.05) is 0 Å². The van der Waals surface area contributed by atoms with Crippen molar-refractivity contribution in [3.63, 3.8) is 0 Å². The molecule has 2 heterocycles. The van der Waals surface area contributed by atoms with Gasteiger partial charge in [0.05, 0.1) is 6.26 Å². The standard InChI is InChI=1S/C15H25N3O3/c1-15(2,3)16-14(20)18-8-6-17(7-9-18)11-12(19)13-5-4-10-21-13/h4-5,10,12,19H,6-9,11H2,1-3H3,(H,16,20)/t12-/m0/s1. The third-order valence-corrected chi connectivity index (χ3v) is 3.44. The van der Waals surface area contributed by atoms with Gasteiger partial charge in [0.2, 0.25) is 0 Å². The molecule has 1 fully saturated rings. The zero-order valence-electron chi connectivity index (χ0n) is 13.0. The van der Waals surface area contributed by atoms with E-state index in [-0.39, 0.29) is 11.6 Å². The molecule has 0 bridgehead atoms. The van der Waals surface area contributed by atoms with E-state index in [0.29, 0.717) is 25.4 Å². The van der Waals surface area contributed by atoms with E-state index in [9.17, 15) is 9.90 Å². The topological polar surface area (TPSA) is 69.0 Å². The van der Waals surface area contributed by atoms with E-state index >= 15 is 0 Å². The summed E-state index contributed by atoms with van der Waals surface area (Å²) < 4.78 is 5.20. The average Bonchev–Trinajstić information content (AvgIpc) is 2.91. The number of amides is 2. The minimum atomic E-state index is -0.616. The lowest BCUT2D eigenvalue weighted by atomic mass is 10.1. The van der Waals surface area contributed by atoms with Gasteiger partial charge in [0.15, 0.2) is 0 Å². The molecule has 0 unspecified atom stereocenters. The van der Waals surface area contributed by atoms with E-state index in [4.69, 9.17) is 4.42 Å². The monoisotopic (exact) mass is 295 g/mol. The number of carbonyl (C=O) groups excluding carboxylic acids is 1. The maximum absolute atomic E-state index is 12.1. The SMILES string of the molecule is CC(C)(C)NC(=O)N1CCN(C[C@H](O)c2ccco2)CC1. The molecule has 0 aliphatic carbocycles. The normalized spacial score (nSPS) is 18.6. The maximum Gasteiger partial charge on any atom is 0.317 e. The minimum Gasteiger partial charge on any atom is -0.467 e. The molecule has 0 spiro atoms. The summed E-state index contributed by atoms with van der Waals surface area (Å²) in [7, 11) is 0. The van der Waals surface area contributed by atoms with Crippen LogP contribution in [0.3, 0.4) is 0 Å². The smallest absolute Gasteiger partial charge is 0.317 e. The Labute approximate surface area is 125 Å². The van der Waals surface area contributed by atoms with Crippen molar-refractivity contribution < 1.29 is 14.3 Å². The van der Waals surface area contributed by atoms with Gasteiger partial charge < -0.3 is 19.7 Å². The number of aliphatic hydroxyl groups is 1. The van der Waals surface area contributed by atoms with Crippen LogP contribution in [0.4, 0.5) is 4.79 Å². The second kappa shape index (κ2) is 6.49. The largest absolute Gasteiger partial charge is 0.467 e. The Kier molecular flexibility index (Phi) is 4.90. The Balaban J connectivity index is 1.77. The van der Waals surface area contributed by atoms with Crippen LogP contribution in [0.2, 0.25) is 0 Å². The third kappa shape index (κ3) is 4.75. The number of β-amino-alcohol motifs (C(OH)–C–C–N with tert-alkyl or cyclic N) is 1. The maximum atomic E-state index is 12.1. The molecular formula is C15H25N3O3. The molecule has 6 heteroatoms. The fraction of sp³-hybridized carbons (Fsp3) is 0.667. The summed E-state index contributed by atoms with van der Waals surface area (Å²) in [6.07, 6.45) is 0.947. The Morgan fingerprint density at radius 1 is 1.38 bits per heavy atom. The summed E-state index contributed by atoms with van der Waals surface area (Å²) in [4.78, 5) is 16.0. The summed E-state index contributed by atoms with van der Waals surface area (Å²) in [6.45, 7) is 9.31. The first-order valence-corrected chi connectivity index (χ1v) is 7.36. The molecule has 0 radical (unpaired) electrons. The molecule has 0 aromatic carbocycles. The van der Waals surface area contributed by atoms with E-state index in [0.717, 1.165) is 13.1 Å². The van der Waals surface area contributed by atoms with Gasteiger partial charge in [-0.15, -0.1) is 0 Å². The van der Waals surface area contributed by atoms with Crippen LogP contribution in [-0.2, 0) is 0 Å². The van der Waals surface area contributed by atoms with Crippen LogP contribution in [0.15, 0.2) is 22.8 Å². The molecule has 1 aliphatic heterocycles. The molecule has 118 valence electrons. The molecule has 1 aromatic heterocycles. The average molecular weight is 295 g/mol. The molecule has 1 aromatic rings. The fourth-order valence-electron chi connectivity index (χ4n) is 2.35. The van der Waals surface area contributed by atoms with E-state index in [1.807, 2.05) is 25.7 Å². The summed E-state index contributed by atoms with van der Waals surface area (Å²) >= 11 is 0. The van der Waals surface area contributed by atoms with E-state index < -0.39 is 6.10 Å². The van der Waals surface area contributed by atoms with Crippen LogP contribution < -0.4 is 5.32 Å². The van der Waals surface area contributed by atoms with Crippen molar-refractivity contribution in [2.24, 2.45) is 0 Å². The molecule has 1 aliphatic rings. The summed E-state index contributed by atoms with van der Waals surface area (Å²) in [6, 6.07) is 3.53. The summed E-state index contributed by atoms with van der Waals surface area (Å²) in [5.74, 6) is 0.586. The highest BCUT2D eigenvalue weighted by atomic mass is 16.4. The first-order chi connectivity index (χ1) is 9.85.